The molecule has 112 valence electrons. The summed E-state index contributed by atoms with van der Waals surface area (Å²) in [4.78, 5) is 4.36. The molecular weight excluding hydrogens is 260 g/mol. The van der Waals surface area contributed by atoms with Gasteiger partial charge in [-0.05, 0) is 29.7 Å². The first-order valence-electron chi connectivity index (χ1n) is 7.92. The van der Waals surface area contributed by atoms with Crippen LogP contribution in [0.3, 0.4) is 0 Å². The number of hydrogen-bond acceptors (Lipinski definition) is 3. The van der Waals surface area contributed by atoms with E-state index in [1.165, 1.54) is 37.5 Å². The quantitative estimate of drug-likeness (QED) is 0.928. The summed E-state index contributed by atoms with van der Waals surface area (Å²) in [5.41, 5.74) is 7.68. The molecule has 3 rings (SSSR count). The zero-order chi connectivity index (χ0) is 14.7. The molecular formula is C18H24N2O. The highest BCUT2D eigenvalue weighted by molar-refractivity contribution is 5.85. The molecule has 0 aliphatic heterocycles. The van der Waals surface area contributed by atoms with Gasteiger partial charge < -0.3 is 10.5 Å². The molecule has 0 spiro atoms. The van der Waals surface area contributed by atoms with Crippen LogP contribution in [0.4, 0.5) is 0 Å². The minimum atomic E-state index is -0.114. The number of nitrogens with two attached hydrogens (primary N) is 1. The Bertz CT molecular complexity index is 587. The molecule has 1 fully saturated rings. The maximum absolute atomic E-state index is 6.58. The lowest BCUT2D eigenvalue weighted by molar-refractivity contribution is 0.0175. The zero-order valence-corrected chi connectivity index (χ0v) is 12.7. The Balaban J connectivity index is 1.92. The molecule has 1 saturated carbocycles. The average Bonchev–Trinajstić information content (AvgIpc) is 2.56. The van der Waals surface area contributed by atoms with E-state index in [0.717, 1.165) is 10.9 Å². The molecule has 2 aromatic rings. The Morgan fingerprint density at radius 2 is 1.90 bits per heavy atom. The third-order valence-electron chi connectivity index (χ3n) is 4.80. The second kappa shape index (κ2) is 6.54. The van der Waals surface area contributed by atoms with Crippen molar-refractivity contribution in [3.05, 3.63) is 42.2 Å². The second-order valence-electron chi connectivity index (χ2n) is 6.07. The van der Waals surface area contributed by atoms with Crippen LogP contribution in [0.5, 0.6) is 0 Å². The van der Waals surface area contributed by atoms with Gasteiger partial charge in [0.2, 0.25) is 0 Å². The molecule has 3 heteroatoms. The number of benzene rings is 1. The average molecular weight is 284 g/mol. The highest BCUT2D eigenvalue weighted by Gasteiger charge is 2.30. The smallest absolute Gasteiger partial charge is 0.0792 e. The van der Waals surface area contributed by atoms with Crippen LogP contribution >= 0.6 is 0 Å². The molecule has 3 nitrogen and oxygen atoms in total. The minimum absolute atomic E-state index is 0.0814. The number of aromatic nitrogens is 1. The van der Waals surface area contributed by atoms with Crippen molar-refractivity contribution in [1.82, 2.24) is 4.98 Å². The summed E-state index contributed by atoms with van der Waals surface area (Å²) in [6.07, 6.45) is 10.3. The van der Waals surface area contributed by atoms with Crippen LogP contribution < -0.4 is 5.73 Å². The first kappa shape index (κ1) is 14.5. The van der Waals surface area contributed by atoms with Gasteiger partial charge in [-0.2, -0.15) is 0 Å². The monoisotopic (exact) mass is 284 g/mol. The van der Waals surface area contributed by atoms with Gasteiger partial charge in [0.05, 0.1) is 12.1 Å². The van der Waals surface area contributed by atoms with Crippen molar-refractivity contribution in [2.45, 2.75) is 44.2 Å². The molecule has 0 radical (unpaired) electrons. The summed E-state index contributed by atoms with van der Waals surface area (Å²) in [6, 6.07) is 8.19. The van der Waals surface area contributed by atoms with Gasteiger partial charge in [0.25, 0.3) is 0 Å². The first-order valence-corrected chi connectivity index (χ1v) is 7.92. The molecule has 21 heavy (non-hydrogen) atoms. The molecule has 1 aliphatic carbocycles. The fraction of sp³-hybridized carbons (Fsp3) is 0.500. The van der Waals surface area contributed by atoms with E-state index in [-0.39, 0.29) is 12.1 Å². The third-order valence-corrected chi connectivity index (χ3v) is 4.80. The summed E-state index contributed by atoms with van der Waals surface area (Å²) < 4.78 is 5.80. The van der Waals surface area contributed by atoms with E-state index < -0.39 is 0 Å². The number of pyridine rings is 1. The van der Waals surface area contributed by atoms with Gasteiger partial charge in [-0.1, -0.05) is 43.5 Å². The summed E-state index contributed by atoms with van der Waals surface area (Å²) >= 11 is 0. The van der Waals surface area contributed by atoms with Crippen molar-refractivity contribution in [1.29, 1.82) is 0 Å². The Kier molecular flexibility index (Phi) is 4.51. The molecule has 1 aliphatic rings. The maximum atomic E-state index is 6.58. The van der Waals surface area contributed by atoms with E-state index >= 15 is 0 Å². The minimum Gasteiger partial charge on any atom is -0.379 e. The van der Waals surface area contributed by atoms with Crippen molar-refractivity contribution in [3.63, 3.8) is 0 Å². The van der Waals surface area contributed by atoms with Crippen LogP contribution in [0.15, 0.2) is 36.7 Å². The normalized spacial score (nSPS) is 19.5. The second-order valence-corrected chi connectivity index (χ2v) is 6.07. The molecule has 0 saturated heterocycles. The fourth-order valence-electron chi connectivity index (χ4n) is 3.68. The number of methoxy groups -OCH3 is 1. The van der Waals surface area contributed by atoms with Crippen LogP contribution in [-0.4, -0.2) is 18.2 Å². The van der Waals surface area contributed by atoms with E-state index in [2.05, 4.69) is 23.2 Å². The summed E-state index contributed by atoms with van der Waals surface area (Å²) in [5.74, 6) is 0.567. The van der Waals surface area contributed by atoms with Gasteiger partial charge in [-0.25, -0.2) is 0 Å². The van der Waals surface area contributed by atoms with Gasteiger partial charge in [-0.3, -0.25) is 4.98 Å². The van der Waals surface area contributed by atoms with Gasteiger partial charge in [0.1, 0.15) is 0 Å². The van der Waals surface area contributed by atoms with Crippen LogP contribution in [0.1, 0.15) is 43.7 Å². The highest BCUT2D eigenvalue weighted by atomic mass is 16.5. The molecule has 2 unspecified atom stereocenters. The van der Waals surface area contributed by atoms with Gasteiger partial charge in [-0.15, -0.1) is 0 Å². The fourth-order valence-corrected chi connectivity index (χ4v) is 3.68. The van der Waals surface area contributed by atoms with Crippen molar-refractivity contribution in [3.8, 4) is 0 Å². The molecule has 2 N–H and O–H groups in total. The molecule has 1 aromatic carbocycles. The molecule has 2 atom stereocenters. The summed E-state index contributed by atoms with van der Waals surface area (Å²) in [5, 5.41) is 2.34. The Morgan fingerprint density at radius 3 is 2.67 bits per heavy atom. The molecule has 1 heterocycles. The third kappa shape index (κ3) is 2.94. The predicted octanol–water partition coefficient (Wildman–Crippen LogP) is 3.83. The van der Waals surface area contributed by atoms with Crippen molar-refractivity contribution in [2.75, 3.05) is 7.11 Å². The lowest BCUT2D eigenvalue weighted by Crippen LogP contribution is -2.36. The van der Waals surface area contributed by atoms with E-state index in [1.54, 1.807) is 7.11 Å². The molecule has 0 bridgehead atoms. The standard InChI is InChI=1S/C18H24N2O/c1-21-18(13-7-3-2-4-8-13)17(19)16-12-20-11-14-9-5-6-10-15(14)16/h5-6,9-13,17-18H,2-4,7-8,19H2,1H3. The summed E-state index contributed by atoms with van der Waals surface area (Å²) in [6.45, 7) is 0. The lowest BCUT2D eigenvalue weighted by Gasteiger charge is -2.33. The number of nitrogens with zero attached hydrogens (tertiary/aromatic N) is 1. The summed E-state index contributed by atoms with van der Waals surface area (Å²) in [7, 11) is 1.79. The van der Waals surface area contributed by atoms with E-state index in [4.69, 9.17) is 10.5 Å². The van der Waals surface area contributed by atoms with Crippen molar-refractivity contribution < 1.29 is 4.74 Å². The number of rotatable bonds is 4. The largest absolute Gasteiger partial charge is 0.379 e. The predicted molar refractivity (Wildman–Crippen MR) is 86.0 cm³/mol. The SMILES string of the molecule is COC(C1CCCCC1)C(N)c1cncc2ccccc12. The molecule has 0 amide bonds. The van der Waals surface area contributed by atoms with E-state index in [0.29, 0.717) is 5.92 Å². The Morgan fingerprint density at radius 1 is 1.14 bits per heavy atom. The Labute approximate surface area is 126 Å². The van der Waals surface area contributed by atoms with Crippen molar-refractivity contribution >= 4 is 10.8 Å². The Hall–Kier alpha value is -1.45. The van der Waals surface area contributed by atoms with Gasteiger partial charge in [0, 0.05) is 24.9 Å². The van der Waals surface area contributed by atoms with Crippen LogP contribution in [-0.2, 0) is 4.74 Å². The zero-order valence-electron chi connectivity index (χ0n) is 12.7. The van der Waals surface area contributed by atoms with Gasteiger partial charge >= 0.3 is 0 Å². The number of hydrogen-bond donors (Lipinski definition) is 1. The van der Waals surface area contributed by atoms with E-state index in [1.807, 2.05) is 18.5 Å². The molecule has 1 aromatic heterocycles. The maximum Gasteiger partial charge on any atom is 0.0792 e. The van der Waals surface area contributed by atoms with E-state index in [9.17, 15) is 0 Å². The van der Waals surface area contributed by atoms with Gasteiger partial charge in [0.15, 0.2) is 0 Å². The van der Waals surface area contributed by atoms with Crippen LogP contribution in [0.2, 0.25) is 0 Å². The van der Waals surface area contributed by atoms with Crippen molar-refractivity contribution in [2.24, 2.45) is 11.7 Å². The topological polar surface area (TPSA) is 48.1 Å². The highest BCUT2D eigenvalue weighted by Crippen LogP contribution is 2.34. The van der Waals surface area contributed by atoms with Crippen LogP contribution in [0.25, 0.3) is 10.8 Å². The lowest BCUT2D eigenvalue weighted by atomic mass is 9.81. The number of fused-ring (bicyclic) bond motifs is 1. The number of ether oxygens (including phenoxy) is 1. The van der Waals surface area contributed by atoms with Crippen LogP contribution in [0, 0.1) is 5.92 Å². The first-order chi connectivity index (χ1) is 10.3.